The van der Waals surface area contributed by atoms with E-state index in [9.17, 15) is 0 Å². The zero-order valence-corrected chi connectivity index (χ0v) is 15.8. The Hall–Kier alpha value is -1.98. The van der Waals surface area contributed by atoms with Crippen molar-refractivity contribution in [3.8, 4) is 17.1 Å². The molecule has 3 rings (SSSR count). The van der Waals surface area contributed by atoms with Gasteiger partial charge < -0.3 is 9.30 Å². The van der Waals surface area contributed by atoms with Gasteiger partial charge in [-0.1, -0.05) is 47.6 Å². The molecule has 0 saturated carbocycles. The van der Waals surface area contributed by atoms with Crippen LogP contribution < -0.4 is 4.74 Å². The molecule has 25 heavy (non-hydrogen) atoms. The second-order valence-corrected chi connectivity index (χ2v) is 6.77. The van der Waals surface area contributed by atoms with Gasteiger partial charge in [0.25, 0.3) is 0 Å². The molecular formula is C19H20ClN3OS. The number of aromatic nitrogens is 3. The summed E-state index contributed by atoms with van der Waals surface area (Å²) in [6.07, 6.45) is 0. The van der Waals surface area contributed by atoms with Crippen molar-refractivity contribution in [2.45, 2.75) is 31.3 Å². The van der Waals surface area contributed by atoms with Crippen LogP contribution in [0.2, 0.25) is 5.02 Å². The minimum atomic E-state index is 0.620. The minimum Gasteiger partial charge on any atom is -0.493 e. The van der Waals surface area contributed by atoms with Gasteiger partial charge in [-0.2, -0.15) is 0 Å². The Balaban J connectivity index is 1.85. The SMILES string of the molecule is CCOc1ccccc1-c1nnc(SCc2ccc(Cl)cc2)n1CC. The van der Waals surface area contributed by atoms with E-state index in [0.29, 0.717) is 6.61 Å². The third-order valence-corrected chi connectivity index (χ3v) is 5.03. The molecule has 0 amide bonds. The first-order valence-corrected chi connectivity index (χ1v) is 9.62. The summed E-state index contributed by atoms with van der Waals surface area (Å²) in [7, 11) is 0. The molecule has 3 aromatic rings. The van der Waals surface area contributed by atoms with Crippen molar-refractivity contribution in [3.05, 3.63) is 59.1 Å². The van der Waals surface area contributed by atoms with Crippen LogP contribution in [0.1, 0.15) is 19.4 Å². The molecule has 6 heteroatoms. The first-order valence-electron chi connectivity index (χ1n) is 8.25. The van der Waals surface area contributed by atoms with E-state index in [1.807, 2.05) is 55.5 Å². The molecule has 1 heterocycles. The van der Waals surface area contributed by atoms with Crippen molar-refractivity contribution in [2.24, 2.45) is 0 Å². The van der Waals surface area contributed by atoms with Crippen LogP contribution in [0.25, 0.3) is 11.4 Å². The van der Waals surface area contributed by atoms with Gasteiger partial charge in [0.2, 0.25) is 0 Å². The summed E-state index contributed by atoms with van der Waals surface area (Å²) < 4.78 is 7.86. The molecule has 0 unspecified atom stereocenters. The summed E-state index contributed by atoms with van der Waals surface area (Å²) in [5.41, 5.74) is 2.17. The highest BCUT2D eigenvalue weighted by Crippen LogP contribution is 2.32. The van der Waals surface area contributed by atoms with E-state index in [1.54, 1.807) is 11.8 Å². The topological polar surface area (TPSA) is 39.9 Å². The van der Waals surface area contributed by atoms with Crippen molar-refractivity contribution in [2.75, 3.05) is 6.61 Å². The molecule has 0 saturated heterocycles. The van der Waals surface area contributed by atoms with E-state index < -0.39 is 0 Å². The lowest BCUT2D eigenvalue weighted by atomic mass is 10.2. The molecule has 0 N–H and O–H groups in total. The molecule has 130 valence electrons. The average molecular weight is 374 g/mol. The summed E-state index contributed by atoms with van der Waals surface area (Å²) in [5, 5.41) is 10.5. The van der Waals surface area contributed by atoms with Crippen molar-refractivity contribution < 1.29 is 4.74 Å². The highest BCUT2D eigenvalue weighted by atomic mass is 35.5. The predicted octanol–water partition coefficient (Wildman–Crippen LogP) is 5.31. The molecule has 0 aliphatic rings. The van der Waals surface area contributed by atoms with Gasteiger partial charge in [-0.15, -0.1) is 10.2 Å². The Kier molecular flexibility index (Phi) is 6.00. The van der Waals surface area contributed by atoms with Crippen LogP contribution in [0.3, 0.4) is 0 Å². The zero-order valence-electron chi connectivity index (χ0n) is 14.3. The molecule has 0 bridgehead atoms. The molecule has 2 aromatic carbocycles. The number of thioether (sulfide) groups is 1. The van der Waals surface area contributed by atoms with Crippen LogP contribution >= 0.6 is 23.4 Å². The van der Waals surface area contributed by atoms with E-state index in [1.165, 1.54) is 5.56 Å². The number of rotatable bonds is 7. The molecule has 0 atom stereocenters. The van der Waals surface area contributed by atoms with E-state index in [4.69, 9.17) is 16.3 Å². The standard InChI is InChI=1S/C19H20ClN3OS/c1-3-23-18(16-7-5-6-8-17(16)24-4-2)21-22-19(23)25-13-14-9-11-15(20)12-10-14/h5-12H,3-4,13H2,1-2H3. The van der Waals surface area contributed by atoms with Crippen LogP contribution in [-0.2, 0) is 12.3 Å². The van der Waals surface area contributed by atoms with Gasteiger partial charge in [-0.05, 0) is 43.7 Å². The molecule has 0 aliphatic carbocycles. The third kappa shape index (κ3) is 4.17. The van der Waals surface area contributed by atoms with Crippen molar-refractivity contribution in [3.63, 3.8) is 0 Å². The smallest absolute Gasteiger partial charge is 0.191 e. The van der Waals surface area contributed by atoms with Gasteiger partial charge in [0.1, 0.15) is 5.75 Å². The van der Waals surface area contributed by atoms with Crippen LogP contribution in [-0.4, -0.2) is 21.4 Å². The van der Waals surface area contributed by atoms with Gasteiger partial charge >= 0.3 is 0 Å². The fourth-order valence-corrected chi connectivity index (χ4v) is 3.63. The van der Waals surface area contributed by atoms with Crippen molar-refractivity contribution in [1.29, 1.82) is 0 Å². The monoisotopic (exact) mass is 373 g/mol. The van der Waals surface area contributed by atoms with Gasteiger partial charge in [-0.3, -0.25) is 0 Å². The number of halogens is 1. The summed E-state index contributed by atoms with van der Waals surface area (Å²) >= 11 is 7.61. The summed E-state index contributed by atoms with van der Waals surface area (Å²) in [6.45, 7) is 5.50. The Morgan fingerprint density at radius 1 is 1.04 bits per heavy atom. The number of benzene rings is 2. The second kappa shape index (κ2) is 8.41. The molecule has 0 spiro atoms. The summed E-state index contributed by atoms with van der Waals surface area (Å²) in [5.74, 6) is 2.49. The second-order valence-electron chi connectivity index (χ2n) is 5.39. The molecule has 0 aliphatic heterocycles. The van der Waals surface area contributed by atoms with E-state index in [-0.39, 0.29) is 0 Å². The van der Waals surface area contributed by atoms with Crippen molar-refractivity contribution in [1.82, 2.24) is 14.8 Å². The van der Waals surface area contributed by atoms with Gasteiger partial charge in [0.15, 0.2) is 11.0 Å². The highest BCUT2D eigenvalue weighted by Gasteiger charge is 2.16. The lowest BCUT2D eigenvalue weighted by Gasteiger charge is -2.11. The van der Waals surface area contributed by atoms with E-state index >= 15 is 0 Å². The fraction of sp³-hybridized carbons (Fsp3) is 0.263. The maximum atomic E-state index is 5.94. The third-order valence-electron chi connectivity index (χ3n) is 3.74. The highest BCUT2D eigenvalue weighted by molar-refractivity contribution is 7.98. The quantitative estimate of drug-likeness (QED) is 0.526. The molecule has 0 radical (unpaired) electrons. The van der Waals surface area contributed by atoms with Crippen LogP contribution in [0.5, 0.6) is 5.75 Å². The molecule has 4 nitrogen and oxygen atoms in total. The number of nitrogens with zero attached hydrogens (tertiary/aromatic N) is 3. The fourth-order valence-electron chi connectivity index (χ4n) is 2.54. The minimum absolute atomic E-state index is 0.620. The first kappa shape index (κ1) is 17.8. The number of hydrogen-bond acceptors (Lipinski definition) is 4. The summed E-state index contributed by atoms with van der Waals surface area (Å²) in [6, 6.07) is 15.8. The predicted molar refractivity (Wildman–Crippen MR) is 103 cm³/mol. The van der Waals surface area contributed by atoms with Gasteiger partial charge in [0, 0.05) is 17.3 Å². The van der Waals surface area contributed by atoms with E-state index in [2.05, 4.69) is 21.7 Å². The van der Waals surface area contributed by atoms with Crippen LogP contribution in [0.15, 0.2) is 53.7 Å². The lowest BCUT2D eigenvalue weighted by molar-refractivity contribution is 0.341. The Labute approximate surface area is 157 Å². The summed E-state index contributed by atoms with van der Waals surface area (Å²) in [4.78, 5) is 0. The normalized spacial score (nSPS) is 10.8. The van der Waals surface area contributed by atoms with E-state index in [0.717, 1.165) is 39.6 Å². The lowest BCUT2D eigenvalue weighted by Crippen LogP contribution is -2.02. The van der Waals surface area contributed by atoms with Crippen LogP contribution in [0.4, 0.5) is 0 Å². The van der Waals surface area contributed by atoms with Gasteiger partial charge in [-0.25, -0.2) is 0 Å². The maximum absolute atomic E-state index is 5.94. The molecule has 1 aromatic heterocycles. The van der Waals surface area contributed by atoms with Crippen LogP contribution in [0, 0.1) is 0 Å². The Morgan fingerprint density at radius 3 is 2.52 bits per heavy atom. The number of para-hydroxylation sites is 1. The average Bonchev–Trinajstić information content (AvgIpc) is 3.05. The number of ether oxygens (including phenoxy) is 1. The first-order chi connectivity index (χ1) is 12.2. The molecular weight excluding hydrogens is 354 g/mol. The number of hydrogen-bond donors (Lipinski definition) is 0. The maximum Gasteiger partial charge on any atom is 0.191 e. The Bertz CT molecular complexity index is 833. The van der Waals surface area contributed by atoms with Gasteiger partial charge in [0.05, 0.1) is 12.2 Å². The largest absolute Gasteiger partial charge is 0.493 e. The van der Waals surface area contributed by atoms with Crippen molar-refractivity contribution >= 4 is 23.4 Å². The zero-order chi connectivity index (χ0) is 17.6. The molecule has 0 fully saturated rings. The Morgan fingerprint density at radius 2 is 1.80 bits per heavy atom.